The molecule has 0 spiro atoms. The maximum absolute atomic E-state index is 13.1. The monoisotopic (exact) mass is 409 g/mol. The van der Waals surface area contributed by atoms with E-state index in [0.717, 1.165) is 6.07 Å². The van der Waals surface area contributed by atoms with Crippen LogP contribution in [0.3, 0.4) is 0 Å². The Bertz CT molecular complexity index is 767. The zero-order valence-corrected chi connectivity index (χ0v) is 16.5. The molecule has 1 heterocycles. The fourth-order valence-electron chi connectivity index (χ4n) is 2.51. The molecule has 0 bridgehead atoms. The number of alkyl halides is 3. The van der Waals surface area contributed by atoms with Crippen molar-refractivity contribution >= 4 is 5.78 Å². The van der Waals surface area contributed by atoms with Crippen LogP contribution in [-0.4, -0.2) is 28.6 Å². The number of carbonyl (C=O) groups is 1. The minimum absolute atomic E-state index is 0.0814. The summed E-state index contributed by atoms with van der Waals surface area (Å²) in [5.74, 6) is -1.53. The van der Waals surface area contributed by atoms with E-state index in [2.05, 4.69) is 11.6 Å². The molecule has 0 aliphatic heterocycles. The van der Waals surface area contributed by atoms with Crippen LogP contribution >= 0.6 is 0 Å². The van der Waals surface area contributed by atoms with Gasteiger partial charge in [-0.25, -0.2) is 0 Å². The van der Waals surface area contributed by atoms with Crippen LogP contribution in [0.4, 0.5) is 13.2 Å². The Labute approximate surface area is 169 Å². The van der Waals surface area contributed by atoms with Gasteiger partial charge < -0.3 is 9.84 Å². The standard InChI is InChI=1S/C22H26F3NO3/c1-4-18(29-5-2)12-7-6-10-17(27)11-8-14-20(28)16(3)21-19(22(23,24)25)13-9-15-26-21/h4,6-11,13,15-16,18,27H,1,5,12,14H2,2-3H3/b7-6-,11-8+,17-10+. The second kappa shape index (κ2) is 12.0. The highest BCUT2D eigenvalue weighted by Gasteiger charge is 2.36. The minimum Gasteiger partial charge on any atom is -0.508 e. The highest BCUT2D eigenvalue weighted by atomic mass is 19.4. The van der Waals surface area contributed by atoms with Gasteiger partial charge in [-0.1, -0.05) is 24.3 Å². The predicted molar refractivity (Wildman–Crippen MR) is 106 cm³/mol. The van der Waals surface area contributed by atoms with Crippen LogP contribution in [-0.2, 0) is 15.7 Å². The van der Waals surface area contributed by atoms with Gasteiger partial charge in [-0.15, -0.1) is 6.58 Å². The topological polar surface area (TPSA) is 59.4 Å². The van der Waals surface area contributed by atoms with Crippen LogP contribution in [0.5, 0.6) is 0 Å². The zero-order valence-electron chi connectivity index (χ0n) is 16.5. The van der Waals surface area contributed by atoms with E-state index in [9.17, 15) is 23.1 Å². The molecule has 158 valence electrons. The Morgan fingerprint density at radius 1 is 1.38 bits per heavy atom. The van der Waals surface area contributed by atoms with Crippen LogP contribution in [0.1, 0.15) is 43.9 Å². The molecule has 29 heavy (non-hydrogen) atoms. The van der Waals surface area contributed by atoms with Crippen molar-refractivity contribution in [1.29, 1.82) is 0 Å². The highest BCUT2D eigenvalue weighted by molar-refractivity contribution is 5.86. The van der Waals surface area contributed by atoms with Crippen LogP contribution in [0.15, 0.2) is 67.1 Å². The maximum atomic E-state index is 13.1. The SMILES string of the molecule is C=CC(C\C=C/C=C(O)\C=C\CC(=O)C(C)c1ncccc1C(F)(F)F)OCC. The summed E-state index contributed by atoms with van der Waals surface area (Å²) in [5.41, 5.74) is -1.21. The molecule has 2 atom stereocenters. The summed E-state index contributed by atoms with van der Waals surface area (Å²) in [4.78, 5) is 16.0. The molecular weight excluding hydrogens is 383 g/mol. The number of hydrogen-bond donors (Lipinski definition) is 1. The van der Waals surface area contributed by atoms with Crippen molar-refractivity contribution in [2.75, 3.05) is 6.61 Å². The molecule has 0 aromatic carbocycles. The smallest absolute Gasteiger partial charge is 0.418 e. The number of carbonyl (C=O) groups excluding carboxylic acids is 1. The molecule has 1 N–H and O–H groups in total. The van der Waals surface area contributed by atoms with E-state index < -0.39 is 23.4 Å². The van der Waals surface area contributed by atoms with Gasteiger partial charge in [0.05, 0.1) is 23.3 Å². The summed E-state index contributed by atoms with van der Waals surface area (Å²) in [6.45, 7) is 7.52. The molecule has 2 unspecified atom stereocenters. The zero-order chi connectivity index (χ0) is 21.9. The molecule has 0 amide bonds. The average Bonchev–Trinajstić information content (AvgIpc) is 2.69. The lowest BCUT2D eigenvalue weighted by molar-refractivity contribution is -0.138. The second-order valence-corrected chi connectivity index (χ2v) is 6.21. The second-order valence-electron chi connectivity index (χ2n) is 6.21. The quantitative estimate of drug-likeness (QED) is 0.289. The van der Waals surface area contributed by atoms with Gasteiger partial charge in [0, 0.05) is 19.2 Å². The highest BCUT2D eigenvalue weighted by Crippen LogP contribution is 2.34. The van der Waals surface area contributed by atoms with Gasteiger partial charge in [0.1, 0.15) is 11.5 Å². The Hall–Kier alpha value is -2.67. The number of allylic oxidation sites excluding steroid dienone is 4. The summed E-state index contributed by atoms with van der Waals surface area (Å²) in [6.07, 6.45) is 6.34. The third-order valence-electron chi connectivity index (χ3n) is 4.06. The van der Waals surface area contributed by atoms with Gasteiger partial charge in [-0.2, -0.15) is 13.2 Å². The summed E-state index contributed by atoms with van der Waals surface area (Å²) >= 11 is 0. The molecule has 0 radical (unpaired) electrons. The van der Waals surface area contributed by atoms with E-state index in [1.807, 2.05) is 6.92 Å². The molecule has 1 aromatic rings. The third kappa shape index (κ3) is 8.48. The molecule has 0 aliphatic rings. The van der Waals surface area contributed by atoms with Gasteiger partial charge in [0.25, 0.3) is 0 Å². The number of ether oxygens (including phenoxy) is 1. The van der Waals surface area contributed by atoms with Crippen molar-refractivity contribution in [2.45, 2.75) is 44.9 Å². The van der Waals surface area contributed by atoms with Crippen LogP contribution in [0.25, 0.3) is 0 Å². The summed E-state index contributed by atoms with van der Waals surface area (Å²) in [6, 6.07) is 2.09. The number of Topliss-reactive ketones (excluding diaryl/α,β-unsaturated/α-hetero) is 1. The lowest BCUT2D eigenvalue weighted by Gasteiger charge is -2.15. The number of nitrogens with zero attached hydrogens (tertiary/aromatic N) is 1. The minimum atomic E-state index is -4.58. The molecule has 0 saturated heterocycles. The number of rotatable bonds is 11. The number of aromatic nitrogens is 1. The van der Waals surface area contributed by atoms with Crippen molar-refractivity contribution in [3.63, 3.8) is 0 Å². The van der Waals surface area contributed by atoms with Gasteiger partial charge in [0.2, 0.25) is 0 Å². The maximum Gasteiger partial charge on any atom is 0.418 e. The van der Waals surface area contributed by atoms with Gasteiger partial charge in [0.15, 0.2) is 0 Å². The summed E-state index contributed by atoms with van der Waals surface area (Å²) < 4.78 is 44.6. The molecule has 0 saturated carbocycles. The number of ketones is 1. The van der Waals surface area contributed by atoms with Gasteiger partial charge in [-0.3, -0.25) is 9.78 Å². The normalized spacial score (nSPS) is 15.0. The Morgan fingerprint density at radius 3 is 2.72 bits per heavy atom. The van der Waals surface area contributed by atoms with E-state index in [0.29, 0.717) is 13.0 Å². The molecule has 4 nitrogen and oxygen atoms in total. The Balaban J connectivity index is 2.65. The van der Waals surface area contributed by atoms with Crippen molar-refractivity contribution in [1.82, 2.24) is 4.98 Å². The van der Waals surface area contributed by atoms with E-state index in [-0.39, 0.29) is 24.0 Å². The lowest BCUT2D eigenvalue weighted by atomic mass is 9.95. The number of aliphatic hydroxyl groups excluding tert-OH is 1. The fourth-order valence-corrected chi connectivity index (χ4v) is 2.51. The van der Waals surface area contributed by atoms with Gasteiger partial charge in [-0.05, 0) is 44.6 Å². The molecule has 0 fully saturated rings. The Morgan fingerprint density at radius 2 is 2.10 bits per heavy atom. The predicted octanol–water partition coefficient (Wildman–Crippen LogP) is 5.70. The first-order chi connectivity index (χ1) is 13.7. The van der Waals surface area contributed by atoms with Crippen LogP contribution in [0, 0.1) is 0 Å². The van der Waals surface area contributed by atoms with Crippen molar-refractivity contribution in [2.24, 2.45) is 0 Å². The summed E-state index contributed by atoms with van der Waals surface area (Å²) in [5, 5.41) is 9.79. The van der Waals surface area contributed by atoms with Crippen molar-refractivity contribution in [3.05, 3.63) is 78.4 Å². The van der Waals surface area contributed by atoms with E-state index in [1.165, 1.54) is 37.4 Å². The molecular formula is C22H26F3NO3. The molecule has 1 rings (SSSR count). The number of pyridine rings is 1. The first-order valence-electron chi connectivity index (χ1n) is 9.22. The molecule has 1 aromatic heterocycles. The van der Waals surface area contributed by atoms with Crippen molar-refractivity contribution < 1.29 is 27.8 Å². The first-order valence-corrected chi connectivity index (χ1v) is 9.22. The third-order valence-corrected chi connectivity index (χ3v) is 4.06. The molecule has 0 aliphatic carbocycles. The number of aliphatic hydroxyl groups is 1. The van der Waals surface area contributed by atoms with E-state index in [1.54, 1.807) is 18.2 Å². The lowest BCUT2D eigenvalue weighted by Crippen LogP contribution is -2.17. The number of hydrogen-bond acceptors (Lipinski definition) is 4. The van der Waals surface area contributed by atoms with E-state index in [4.69, 9.17) is 4.74 Å². The largest absolute Gasteiger partial charge is 0.508 e. The van der Waals surface area contributed by atoms with E-state index >= 15 is 0 Å². The summed E-state index contributed by atoms with van der Waals surface area (Å²) in [7, 11) is 0. The Kier molecular flexibility index (Phi) is 10.1. The fraction of sp³-hybridized carbons (Fsp3) is 0.364. The van der Waals surface area contributed by atoms with Gasteiger partial charge >= 0.3 is 6.18 Å². The van der Waals surface area contributed by atoms with Crippen LogP contribution in [0.2, 0.25) is 0 Å². The molecule has 7 heteroatoms. The first kappa shape index (κ1) is 24.4. The van der Waals surface area contributed by atoms with Crippen molar-refractivity contribution in [3.8, 4) is 0 Å². The van der Waals surface area contributed by atoms with Crippen LogP contribution < -0.4 is 0 Å². The average molecular weight is 409 g/mol. The number of halogens is 3.